The third-order valence-corrected chi connectivity index (χ3v) is 3.86. The van der Waals surface area contributed by atoms with Gasteiger partial charge >= 0.3 is 0 Å². The molecule has 19 heavy (non-hydrogen) atoms. The average molecular weight is 395 g/mol. The Balaban J connectivity index is 2.68. The molecule has 108 valence electrons. The van der Waals surface area contributed by atoms with Crippen LogP contribution in [0.15, 0.2) is 21.1 Å². The van der Waals surface area contributed by atoms with Crippen molar-refractivity contribution in [1.82, 2.24) is 5.32 Å². The zero-order chi connectivity index (χ0) is 14.3. The molecule has 0 radical (unpaired) electrons. The van der Waals surface area contributed by atoms with Crippen LogP contribution in [0.2, 0.25) is 0 Å². The summed E-state index contributed by atoms with van der Waals surface area (Å²) >= 11 is 7.11. The predicted molar refractivity (Wildman–Crippen MR) is 85.8 cm³/mol. The Morgan fingerprint density at radius 2 is 1.89 bits per heavy atom. The van der Waals surface area contributed by atoms with Crippen LogP contribution in [0.1, 0.15) is 25.8 Å². The second-order valence-electron chi connectivity index (χ2n) is 4.42. The lowest BCUT2D eigenvalue weighted by Gasteiger charge is -2.15. The molecule has 5 heteroatoms. The Labute approximate surface area is 132 Å². The molecule has 0 aliphatic carbocycles. The first-order chi connectivity index (χ1) is 9.08. The molecule has 0 aromatic heterocycles. The van der Waals surface area contributed by atoms with E-state index in [0.717, 1.165) is 34.2 Å². The summed E-state index contributed by atoms with van der Waals surface area (Å²) in [7, 11) is 1.68. The van der Waals surface area contributed by atoms with Gasteiger partial charge in [0, 0.05) is 13.7 Å². The van der Waals surface area contributed by atoms with Gasteiger partial charge in [0.1, 0.15) is 12.4 Å². The summed E-state index contributed by atoms with van der Waals surface area (Å²) in [6.45, 7) is 6.55. The maximum atomic E-state index is 5.76. The maximum Gasteiger partial charge on any atom is 0.147 e. The first-order valence-electron chi connectivity index (χ1n) is 6.42. The smallest absolute Gasteiger partial charge is 0.147 e. The van der Waals surface area contributed by atoms with Crippen molar-refractivity contribution in [2.45, 2.75) is 32.9 Å². The molecule has 1 aromatic carbocycles. The number of ether oxygens (including phenoxy) is 2. The molecule has 0 aliphatic heterocycles. The predicted octanol–water partition coefficient (Wildman–Crippen LogP) is 4.12. The molecule has 0 bridgehead atoms. The molecule has 1 rings (SSSR count). The van der Waals surface area contributed by atoms with Crippen molar-refractivity contribution in [3.63, 3.8) is 0 Å². The highest BCUT2D eigenvalue weighted by atomic mass is 79.9. The van der Waals surface area contributed by atoms with Gasteiger partial charge in [0.05, 0.1) is 15.0 Å². The Kier molecular flexibility index (Phi) is 7.99. The van der Waals surface area contributed by atoms with Gasteiger partial charge in [-0.1, -0.05) is 6.92 Å². The van der Waals surface area contributed by atoms with Crippen molar-refractivity contribution in [2.24, 2.45) is 0 Å². The second-order valence-corrected chi connectivity index (χ2v) is 6.13. The molecular formula is C14H21Br2NO2. The maximum absolute atomic E-state index is 5.76. The van der Waals surface area contributed by atoms with E-state index in [2.05, 4.69) is 56.2 Å². The number of rotatable bonds is 8. The van der Waals surface area contributed by atoms with E-state index < -0.39 is 0 Å². The van der Waals surface area contributed by atoms with E-state index in [4.69, 9.17) is 9.47 Å². The van der Waals surface area contributed by atoms with Gasteiger partial charge in [-0.3, -0.25) is 0 Å². The summed E-state index contributed by atoms with van der Waals surface area (Å²) in [5, 5.41) is 3.38. The molecule has 1 N–H and O–H groups in total. The lowest BCUT2D eigenvalue weighted by molar-refractivity contribution is 0.0711. The zero-order valence-corrected chi connectivity index (χ0v) is 14.8. The summed E-state index contributed by atoms with van der Waals surface area (Å²) in [5.74, 6) is 0.822. The van der Waals surface area contributed by atoms with Gasteiger partial charge in [0.2, 0.25) is 0 Å². The number of hydrogen-bond acceptors (Lipinski definition) is 3. The van der Waals surface area contributed by atoms with Crippen molar-refractivity contribution in [1.29, 1.82) is 0 Å². The van der Waals surface area contributed by atoms with Crippen molar-refractivity contribution in [3.8, 4) is 5.75 Å². The first-order valence-corrected chi connectivity index (χ1v) is 8.01. The van der Waals surface area contributed by atoms with Gasteiger partial charge in [-0.05, 0) is 69.4 Å². The van der Waals surface area contributed by atoms with E-state index in [9.17, 15) is 0 Å². The molecule has 0 saturated heterocycles. The fraction of sp³-hybridized carbons (Fsp3) is 0.571. The molecule has 1 unspecified atom stereocenters. The van der Waals surface area contributed by atoms with Crippen LogP contribution < -0.4 is 10.1 Å². The van der Waals surface area contributed by atoms with Crippen LogP contribution in [-0.2, 0) is 11.3 Å². The van der Waals surface area contributed by atoms with Crippen LogP contribution >= 0.6 is 31.9 Å². The van der Waals surface area contributed by atoms with Crippen LogP contribution in [-0.4, -0.2) is 26.4 Å². The number of hydrogen-bond donors (Lipinski definition) is 1. The van der Waals surface area contributed by atoms with Crippen molar-refractivity contribution < 1.29 is 9.47 Å². The van der Waals surface area contributed by atoms with Crippen LogP contribution in [0, 0.1) is 0 Å². The number of halogens is 2. The summed E-state index contributed by atoms with van der Waals surface area (Å²) in [6.07, 6.45) is 1.21. The number of nitrogens with one attached hydrogen (secondary N) is 1. The van der Waals surface area contributed by atoms with E-state index in [1.807, 2.05) is 6.92 Å². The topological polar surface area (TPSA) is 30.5 Å². The minimum Gasteiger partial charge on any atom is -0.489 e. The van der Waals surface area contributed by atoms with Crippen LogP contribution in [0.3, 0.4) is 0 Å². The Morgan fingerprint density at radius 1 is 1.26 bits per heavy atom. The summed E-state index contributed by atoms with van der Waals surface area (Å²) in [5.41, 5.74) is 1.22. The molecule has 0 fully saturated rings. The van der Waals surface area contributed by atoms with Crippen molar-refractivity contribution in [3.05, 3.63) is 26.6 Å². The Morgan fingerprint density at radius 3 is 2.42 bits per heavy atom. The first kappa shape index (κ1) is 17.0. The van der Waals surface area contributed by atoms with Crippen LogP contribution in [0.4, 0.5) is 0 Å². The molecule has 1 atom stereocenters. The minimum absolute atomic E-state index is 0.0738. The van der Waals surface area contributed by atoms with Gasteiger partial charge in [0.25, 0.3) is 0 Å². The quantitative estimate of drug-likeness (QED) is 0.672. The molecule has 0 aliphatic rings. The number of methoxy groups -OCH3 is 1. The van der Waals surface area contributed by atoms with E-state index in [-0.39, 0.29) is 6.10 Å². The molecular weight excluding hydrogens is 374 g/mol. The van der Waals surface area contributed by atoms with Gasteiger partial charge in [0.15, 0.2) is 0 Å². The van der Waals surface area contributed by atoms with E-state index in [1.165, 1.54) is 5.56 Å². The Bertz CT molecular complexity index is 376. The Hall–Kier alpha value is -0.100. The molecule has 0 spiro atoms. The van der Waals surface area contributed by atoms with Gasteiger partial charge < -0.3 is 14.8 Å². The van der Waals surface area contributed by atoms with E-state index in [1.54, 1.807) is 7.11 Å². The third-order valence-electron chi connectivity index (χ3n) is 2.68. The molecule has 3 nitrogen and oxygen atoms in total. The fourth-order valence-electron chi connectivity index (χ4n) is 1.53. The number of benzene rings is 1. The molecule has 0 amide bonds. The van der Waals surface area contributed by atoms with Crippen molar-refractivity contribution >= 4 is 31.9 Å². The second kappa shape index (κ2) is 8.95. The SMILES string of the molecule is CCCNCc1cc(Br)c(OCC(C)OC)c(Br)c1. The lowest BCUT2D eigenvalue weighted by Crippen LogP contribution is -2.17. The summed E-state index contributed by atoms with van der Waals surface area (Å²) in [6, 6.07) is 4.17. The van der Waals surface area contributed by atoms with Crippen LogP contribution in [0.25, 0.3) is 0 Å². The zero-order valence-electron chi connectivity index (χ0n) is 11.6. The van der Waals surface area contributed by atoms with Crippen molar-refractivity contribution in [2.75, 3.05) is 20.3 Å². The fourth-order valence-corrected chi connectivity index (χ4v) is 3.04. The third kappa shape index (κ3) is 5.81. The lowest BCUT2D eigenvalue weighted by atomic mass is 10.2. The van der Waals surface area contributed by atoms with E-state index in [0.29, 0.717) is 6.61 Å². The largest absolute Gasteiger partial charge is 0.489 e. The standard InChI is InChI=1S/C14H21Br2NO2/c1-4-5-17-8-11-6-12(15)14(13(16)7-11)19-9-10(2)18-3/h6-7,10,17H,4-5,8-9H2,1-3H3. The molecule has 1 aromatic rings. The molecule has 0 heterocycles. The molecule has 0 saturated carbocycles. The van der Waals surface area contributed by atoms with Crippen LogP contribution in [0.5, 0.6) is 5.75 Å². The highest BCUT2D eigenvalue weighted by Crippen LogP contribution is 2.34. The highest BCUT2D eigenvalue weighted by molar-refractivity contribution is 9.11. The highest BCUT2D eigenvalue weighted by Gasteiger charge is 2.10. The van der Waals surface area contributed by atoms with E-state index >= 15 is 0 Å². The summed E-state index contributed by atoms with van der Waals surface area (Å²) in [4.78, 5) is 0. The normalized spacial score (nSPS) is 12.5. The van der Waals surface area contributed by atoms with Gasteiger partial charge in [-0.2, -0.15) is 0 Å². The minimum atomic E-state index is 0.0738. The summed E-state index contributed by atoms with van der Waals surface area (Å²) < 4.78 is 12.9. The monoisotopic (exact) mass is 393 g/mol. The van der Waals surface area contributed by atoms with Gasteiger partial charge in [-0.15, -0.1) is 0 Å². The average Bonchev–Trinajstić information content (AvgIpc) is 2.37. The van der Waals surface area contributed by atoms with Gasteiger partial charge in [-0.25, -0.2) is 0 Å².